The van der Waals surface area contributed by atoms with Gasteiger partial charge < -0.3 is 25.0 Å². The normalized spacial score (nSPS) is 14.7. The highest BCUT2D eigenvalue weighted by Crippen LogP contribution is 2.38. The van der Waals surface area contributed by atoms with Gasteiger partial charge in [0.25, 0.3) is 0 Å². The minimum atomic E-state index is -5.08. The summed E-state index contributed by atoms with van der Waals surface area (Å²) in [5.41, 5.74) is 7.47. The summed E-state index contributed by atoms with van der Waals surface area (Å²) < 4.78 is 43.5. The Labute approximate surface area is 213 Å². The quantitative estimate of drug-likeness (QED) is 0.400. The van der Waals surface area contributed by atoms with Crippen molar-refractivity contribution in [3.8, 4) is 17.2 Å². The van der Waals surface area contributed by atoms with Crippen molar-refractivity contribution in [3.63, 3.8) is 0 Å². The Morgan fingerprint density at radius 2 is 1.78 bits per heavy atom. The smallest absolute Gasteiger partial charge is 0.490 e. The number of carbonyl (C=O) groups is 1. The number of methoxy groups -OCH3 is 1. The molecule has 0 saturated carbocycles. The van der Waals surface area contributed by atoms with Crippen LogP contribution in [-0.2, 0) is 17.6 Å². The summed E-state index contributed by atoms with van der Waals surface area (Å²) in [5.74, 6) is -0.949. The van der Waals surface area contributed by atoms with Gasteiger partial charge in [-0.3, -0.25) is 0 Å². The molecule has 0 bridgehead atoms. The van der Waals surface area contributed by atoms with Crippen LogP contribution in [0, 0.1) is 13.8 Å². The highest BCUT2D eigenvalue weighted by Gasteiger charge is 2.38. The van der Waals surface area contributed by atoms with Crippen LogP contribution in [-0.4, -0.2) is 42.6 Å². The van der Waals surface area contributed by atoms with Gasteiger partial charge in [0.2, 0.25) is 0 Å². The van der Waals surface area contributed by atoms with E-state index in [2.05, 4.69) is 49.5 Å². The number of ether oxygens (including phenoxy) is 2. The van der Waals surface area contributed by atoms with Gasteiger partial charge in [-0.05, 0) is 72.4 Å². The maximum absolute atomic E-state index is 10.6. The van der Waals surface area contributed by atoms with Crippen molar-refractivity contribution in [3.05, 3.63) is 88.0 Å². The van der Waals surface area contributed by atoms with Crippen LogP contribution < -0.4 is 14.8 Å². The van der Waals surface area contributed by atoms with Crippen LogP contribution in [0.4, 0.5) is 13.2 Å². The van der Waals surface area contributed by atoms with Crippen LogP contribution in [0.1, 0.15) is 39.4 Å². The Kier molecular flexibility index (Phi) is 9.04. The number of nitrogens with one attached hydrogen (secondary N) is 1. The number of benzene rings is 3. The van der Waals surface area contributed by atoms with Crippen LogP contribution in [0.5, 0.6) is 17.2 Å². The molecule has 198 valence electrons. The van der Waals surface area contributed by atoms with Gasteiger partial charge in [-0.2, -0.15) is 13.2 Å². The molecule has 0 aliphatic carbocycles. The monoisotopic (exact) mass is 517 g/mol. The van der Waals surface area contributed by atoms with Crippen molar-refractivity contribution < 1.29 is 37.7 Å². The second-order valence-electron chi connectivity index (χ2n) is 8.77. The van der Waals surface area contributed by atoms with Gasteiger partial charge in [0.05, 0.1) is 19.8 Å². The summed E-state index contributed by atoms with van der Waals surface area (Å²) in [5, 5.41) is 20.5. The van der Waals surface area contributed by atoms with Gasteiger partial charge in [-0.15, -0.1) is 0 Å². The Balaban J connectivity index is 0.000000479. The van der Waals surface area contributed by atoms with Crippen molar-refractivity contribution >= 4 is 5.97 Å². The maximum atomic E-state index is 10.6. The zero-order valence-electron chi connectivity index (χ0n) is 20.9. The molecule has 3 N–H and O–H groups in total. The number of hydrogen-bond donors (Lipinski definition) is 3. The number of aliphatic carboxylic acids is 1. The zero-order chi connectivity index (χ0) is 27.2. The van der Waals surface area contributed by atoms with E-state index < -0.39 is 12.1 Å². The molecule has 0 amide bonds. The van der Waals surface area contributed by atoms with E-state index in [1.807, 2.05) is 12.1 Å². The lowest BCUT2D eigenvalue weighted by Crippen LogP contribution is -2.31. The minimum absolute atomic E-state index is 0.147. The van der Waals surface area contributed by atoms with Crippen molar-refractivity contribution in [2.24, 2.45) is 0 Å². The molecule has 9 heteroatoms. The maximum Gasteiger partial charge on any atom is 0.490 e. The van der Waals surface area contributed by atoms with Crippen molar-refractivity contribution in [1.29, 1.82) is 0 Å². The number of phenols is 1. The van der Waals surface area contributed by atoms with E-state index in [1.165, 1.54) is 27.8 Å². The van der Waals surface area contributed by atoms with Crippen LogP contribution in [0.2, 0.25) is 0 Å². The topological polar surface area (TPSA) is 88.0 Å². The minimum Gasteiger partial charge on any atom is -0.508 e. The lowest BCUT2D eigenvalue weighted by atomic mass is 9.87. The van der Waals surface area contributed by atoms with E-state index in [9.17, 15) is 18.3 Å². The largest absolute Gasteiger partial charge is 0.508 e. The number of hydrogen-bond acceptors (Lipinski definition) is 5. The molecule has 1 heterocycles. The van der Waals surface area contributed by atoms with E-state index in [1.54, 1.807) is 19.2 Å². The Hall–Kier alpha value is -3.72. The molecule has 1 unspecified atom stereocenters. The van der Waals surface area contributed by atoms with Gasteiger partial charge in [-0.1, -0.05) is 35.9 Å². The van der Waals surface area contributed by atoms with Crippen molar-refractivity contribution in [1.82, 2.24) is 5.32 Å². The van der Waals surface area contributed by atoms with Crippen molar-refractivity contribution in [2.45, 2.75) is 38.9 Å². The fraction of sp³-hybridized carbons (Fsp3) is 0.321. The van der Waals surface area contributed by atoms with Crippen LogP contribution in [0.15, 0.2) is 54.6 Å². The molecule has 1 aliphatic rings. The number of carboxylic acids is 1. The second-order valence-corrected chi connectivity index (χ2v) is 8.77. The van der Waals surface area contributed by atoms with Gasteiger partial charge in [0.1, 0.15) is 5.75 Å². The first-order chi connectivity index (χ1) is 17.5. The number of alkyl halides is 3. The Morgan fingerprint density at radius 1 is 1.05 bits per heavy atom. The summed E-state index contributed by atoms with van der Waals surface area (Å²) in [6.07, 6.45) is -3.40. The van der Waals surface area contributed by atoms with Crippen LogP contribution >= 0.6 is 0 Å². The molecule has 1 atom stereocenters. The molecular weight excluding hydrogens is 487 g/mol. The summed E-state index contributed by atoms with van der Waals surface area (Å²) in [7, 11) is 1.69. The molecule has 3 aromatic rings. The molecule has 0 radical (unpaired) electrons. The second kappa shape index (κ2) is 12.0. The van der Waals surface area contributed by atoms with Gasteiger partial charge in [0.15, 0.2) is 11.5 Å². The molecule has 0 fully saturated rings. The summed E-state index contributed by atoms with van der Waals surface area (Å²) in [6, 6.07) is 18.3. The SMILES string of the molecule is COc1cc2c(cc1OCCc1cccc(O)c1)C(c1ccc(C)cc1C)NCC2.O=C(O)C(F)(F)F. The number of halogens is 3. The van der Waals surface area contributed by atoms with Crippen molar-refractivity contribution in [2.75, 3.05) is 20.3 Å². The van der Waals surface area contributed by atoms with Crippen LogP contribution in [0.25, 0.3) is 0 Å². The van der Waals surface area contributed by atoms with E-state index >= 15 is 0 Å². The van der Waals surface area contributed by atoms with E-state index in [0.29, 0.717) is 13.0 Å². The van der Waals surface area contributed by atoms with E-state index in [-0.39, 0.29) is 11.8 Å². The predicted octanol–water partition coefficient (Wildman–Crippen LogP) is 5.51. The third kappa shape index (κ3) is 7.39. The summed E-state index contributed by atoms with van der Waals surface area (Å²) in [4.78, 5) is 8.90. The summed E-state index contributed by atoms with van der Waals surface area (Å²) in [6.45, 7) is 5.75. The molecule has 3 aromatic carbocycles. The van der Waals surface area contributed by atoms with E-state index in [4.69, 9.17) is 19.4 Å². The van der Waals surface area contributed by atoms with Gasteiger partial charge in [-0.25, -0.2) is 4.79 Å². The summed E-state index contributed by atoms with van der Waals surface area (Å²) >= 11 is 0. The molecule has 0 spiro atoms. The highest BCUT2D eigenvalue weighted by molar-refractivity contribution is 5.73. The molecule has 1 aliphatic heterocycles. The third-order valence-electron chi connectivity index (χ3n) is 6.02. The number of aryl methyl sites for hydroxylation is 2. The number of rotatable bonds is 6. The lowest BCUT2D eigenvalue weighted by Gasteiger charge is -2.30. The van der Waals surface area contributed by atoms with Crippen LogP contribution in [0.3, 0.4) is 0 Å². The fourth-order valence-electron chi connectivity index (χ4n) is 4.25. The number of fused-ring (bicyclic) bond motifs is 1. The zero-order valence-corrected chi connectivity index (χ0v) is 20.9. The number of phenolic OH excluding ortho intramolecular Hbond substituents is 1. The third-order valence-corrected chi connectivity index (χ3v) is 6.02. The Morgan fingerprint density at radius 3 is 2.41 bits per heavy atom. The molecule has 6 nitrogen and oxygen atoms in total. The molecular formula is C28H30F3NO5. The first kappa shape index (κ1) is 27.9. The van der Waals surface area contributed by atoms with E-state index in [0.717, 1.165) is 30.0 Å². The lowest BCUT2D eigenvalue weighted by molar-refractivity contribution is -0.192. The predicted molar refractivity (Wildman–Crippen MR) is 133 cm³/mol. The van der Waals surface area contributed by atoms with Gasteiger partial charge >= 0.3 is 12.1 Å². The molecule has 0 saturated heterocycles. The molecule has 4 rings (SSSR count). The first-order valence-electron chi connectivity index (χ1n) is 11.7. The standard InChI is InChI=1S/C26H29NO3.C2HF3O2/c1-17-7-8-22(18(2)13-17)26-23-16-25(24(29-3)15-20(23)9-11-27-26)30-12-10-19-5-4-6-21(28)14-19;3-2(4,5)1(6)7/h4-8,13-16,26-28H,9-12H2,1-3H3;(H,6,7). The Bertz CT molecular complexity index is 1240. The van der Waals surface area contributed by atoms with Gasteiger partial charge in [0, 0.05) is 13.0 Å². The molecule has 0 aromatic heterocycles. The first-order valence-corrected chi connectivity index (χ1v) is 11.7. The average Bonchev–Trinajstić information content (AvgIpc) is 2.83. The molecule has 37 heavy (non-hydrogen) atoms. The number of aromatic hydroxyl groups is 1. The number of carboxylic acid groups (broad SMARTS) is 1. The highest BCUT2D eigenvalue weighted by atomic mass is 19.4. The average molecular weight is 518 g/mol. The fourth-order valence-corrected chi connectivity index (χ4v) is 4.25.